The first-order chi connectivity index (χ1) is 19.4. The summed E-state index contributed by atoms with van der Waals surface area (Å²) in [6.45, 7) is 6.30. The molecule has 0 N–H and O–H groups in total. The first-order valence-corrected chi connectivity index (χ1v) is 14.6. The summed E-state index contributed by atoms with van der Waals surface area (Å²) >= 11 is 13.4. The summed E-state index contributed by atoms with van der Waals surface area (Å²) in [7, 11) is 0. The number of hydrogen-bond acceptors (Lipinski definition) is 5. The molecular weight excluding hydrogens is 563 g/mol. The Labute approximate surface area is 248 Å². The summed E-state index contributed by atoms with van der Waals surface area (Å²) in [5.41, 5.74) is 3.43. The molecule has 0 saturated carbocycles. The molecule has 0 bridgehead atoms. The van der Waals surface area contributed by atoms with Gasteiger partial charge in [-0.2, -0.15) is 0 Å². The Morgan fingerprint density at radius 1 is 0.900 bits per heavy atom. The van der Waals surface area contributed by atoms with Crippen LogP contribution in [0.1, 0.15) is 30.5 Å². The summed E-state index contributed by atoms with van der Waals surface area (Å²) in [4.78, 5) is 30.3. The molecule has 1 aliphatic rings. The van der Waals surface area contributed by atoms with E-state index in [0.717, 1.165) is 52.4 Å². The lowest BCUT2D eigenvalue weighted by Gasteiger charge is -2.22. The Morgan fingerprint density at radius 2 is 1.68 bits per heavy atom. The normalized spacial score (nSPS) is 14.4. The Hall–Kier alpha value is -3.45. The number of ether oxygens (including phenoxy) is 1. The second-order valence-corrected chi connectivity index (χ2v) is 11.2. The average Bonchev–Trinajstić information content (AvgIpc) is 3.21. The van der Waals surface area contributed by atoms with Crippen LogP contribution < -0.4 is 9.64 Å². The highest BCUT2D eigenvalue weighted by atomic mass is 35.5. The number of rotatable bonds is 9. The smallest absolute Gasteiger partial charge is 0.293 e. The van der Waals surface area contributed by atoms with Gasteiger partial charge in [-0.3, -0.25) is 14.5 Å². The van der Waals surface area contributed by atoms with E-state index in [0.29, 0.717) is 26.3 Å². The second kappa shape index (κ2) is 12.4. The van der Waals surface area contributed by atoms with E-state index in [1.54, 1.807) is 18.2 Å². The Bertz CT molecular complexity index is 1610. The molecule has 8 heteroatoms. The van der Waals surface area contributed by atoms with Crippen LogP contribution >= 0.6 is 35.0 Å². The molecule has 4 aromatic rings. The number of carbonyl (C=O) groups is 2. The summed E-state index contributed by atoms with van der Waals surface area (Å²) in [5, 5.41) is 2.87. The summed E-state index contributed by atoms with van der Waals surface area (Å²) in [6, 6.07) is 25.0. The molecule has 0 aromatic heterocycles. The van der Waals surface area contributed by atoms with E-state index in [-0.39, 0.29) is 24.3 Å². The van der Waals surface area contributed by atoms with E-state index in [9.17, 15) is 9.59 Å². The van der Waals surface area contributed by atoms with Crippen molar-refractivity contribution in [3.63, 3.8) is 0 Å². The fourth-order valence-electron chi connectivity index (χ4n) is 4.73. The van der Waals surface area contributed by atoms with E-state index < -0.39 is 0 Å². The van der Waals surface area contributed by atoms with Gasteiger partial charge >= 0.3 is 0 Å². The molecule has 5 rings (SSSR count). The monoisotopic (exact) mass is 590 g/mol. The topological polar surface area (TPSA) is 49.9 Å². The van der Waals surface area contributed by atoms with Crippen molar-refractivity contribution in [2.75, 3.05) is 18.0 Å². The molecule has 40 heavy (non-hydrogen) atoms. The molecule has 0 radical (unpaired) electrons. The zero-order valence-electron chi connectivity index (χ0n) is 22.2. The molecule has 0 unspecified atom stereocenters. The number of halogens is 2. The van der Waals surface area contributed by atoms with Crippen LogP contribution in [0.5, 0.6) is 5.75 Å². The Kier molecular flexibility index (Phi) is 8.69. The molecule has 0 atom stereocenters. The maximum Gasteiger partial charge on any atom is 0.293 e. The van der Waals surface area contributed by atoms with E-state index in [2.05, 4.69) is 18.7 Å². The zero-order valence-corrected chi connectivity index (χ0v) is 24.5. The lowest BCUT2D eigenvalue weighted by atomic mass is 10.0. The molecule has 5 nitrogen and oxygen atoms in total. The largest absolute Gasteiger partial charge is 0.488 e. The average molecular weight is 592 g/mol. The van der Waals surface area contributed by atoms with Crippen molar-refractivity contribution >= 4 is 68.6 Å². The van der Waals surface area contributed by atoms with Crippen LogP contribution in [0.3, 0.4) is 0 Å². The zero-order chi connectivity index (χ0) is 28.2. The molecule has 1 saturated heterocycles. The number of hydrogen-bond donors (Lipinski definition) is 0. The SMILES string of the molecule is CCN(CC)c1ccc(/C=C2/SC(=O)N(Cc3cccc4ccccc34)C2=O)c(OCc2ccc(Cl)cc2Cl)c1. The van der Waals surface area contributed by atoms with Gasteiger partial charge in [0.1, 0.15) is 12.4 Å². The van der Waals surface area contributed by atoms with Crippen LogP contribution in [0, 0.1) is 0 Å². The van der Waals surface area contributed by atoms with Gasteiger partial charge in [-0.25, -0.2) is 0 Å². The minimum absolute atomic E-state index is 0.211. The van der Waals surface area contributed by atoms with Crippen LogP contribution in [-0.2, 0) is 17.9 Å². The molecule has 0 spiro atoms. The van der Waals surface area contributed by atoms with Gasteiger partial charge in [0.2, 0.25) is 0 Å². The van der Waals surface area contributed by atoms with Crippen molar-refractivity contribution in [1.29, 1.82) is 0 Å². The van der Waals surface area contributed by atoms with Gasteiger partial charge in [-0.1, -0.05) is 71.7 Å². The minimum Gasteiger partial charge on any atom is -0.488 e. The summed E-state index contributed by atoms with van der Waals surface area (Å²) in [6.07, 6.45) is 1.73. The van der Waals surface area contributed by atoms with Crippen LogP contribution in [0.2, 0.25) is 10.0 Å². The van der Waals surface area contributed by atoms with Crippen molar-refractivity contribution in [2.45, 2.75) is 27.0 Å². The van der Waals surface area contributed by atoms with Gasteiger partial charge in [0, 0.05) is 46.0 Å². The summed E-state index contributed by atoms with van der Waals surface area (Å²) < 4.78 is 6.25. The number of fused-ring (bicyclic) bond motifs is 1. The highest BCUT2D eigenvalue weighted by Crippen LogP contribution is 2.37. The van der Waals surface area contributed by atoms with Gasteiger partial charge in [0.05, 0.1) is 11.4 Å². The first kappa shape index (κ1) is 28.1. The fraction of sp³-hybridized carbons (Fsp3) is 0.188. The lowest BCUT2D eigenvalue weighted by Crippen LogP contribution is -2.27. The van der Waals surface area contributed by atoms with E-state index in [1.807, 2.05) is 66.7 Å². The fourth-order valence-corrected chi connectivity index (χ4v) is 6.02. The van der Waals surface area contributed by atoms with E-state index >= 15 is 0 Å². The highest BCUT2D eigenvalue weighted by molar-refractivity contribution is 8.18. The van der Waals surface area contributed by atoms with E-state index in [1.165, 1.54) is 4.90 Å². The van der Waals surface area contributed by atoms with Gasteiger partial charge in [0.25, 0.3) is 11.1 Å². The number of thioether (sulfide) groups is 1. The molecule has 1 heterocycles. The highest BCUT2D eigenvalue weighted by Gasteiger charge is 2.35. The number of amides is 2. The maximum absolute atomic E-state index is 13.4. The second-order valence-electron chi connectivity index (χ2n) is 9.32. The van der Waals surface area contributed by atoms with Gasteiger partial charge in [-0.15, -0.1) is 0 Å². The number of imide groups is 1. The quantitative estimate of drug-likeness (QED) is 0.182. The molecule has 1 aliphatic heterocycles. The lowest BCUT2D eigenvalue weighted by molar-refractivity contribution is -0.123. The number of carbonyl (C=O) groups excluding carboxylic acids is 2. The summed E-state index contributed by atoms with van der Waals surface area (Å²) in [5.74, 6) is 0.277. The minimum atomic E-state index is -0.317. The molecule has 1 fully saturated rings. The number of anilines is 1. The van der Waals surface area contributed by atoms with Crippen LogP contribution in [0.25, 0.3) is 16.8 Å². The number of benzene rings is 4. The molecule has 0 aliphatic carbocycles. The number of nitrogens with zero attached hydrogens (tertiary/aromatic N) is 2. The van der Waals surface area contributed by atoms with Crippen LogP contribution in [0.4, 0.5) is 10.5 Å². The van der Waals surface area contributed by atoms with E-state index in [4.69, 9.17) is 27.9 Å². The molecule has 4 aromatic carbocycles. The predicted octanol–water partition coefficient (Wildman–Crippen LogP) is 8.81. The third kappa shape index (κ3) is 5.99. The van der Waals surface area contributed by atoms with Crippen molar-refractivity contribution in [1.82, 2.24) is 4.90 Å². The van der Waals surface area contributed by atoms with Crippen molar-refractivity contribution in [3.05, 3.63) is 111 Å². The molecule has 2 amide bonds. The third-order valence-electron chi connectivity index (χ3n) is 6.89. The first-order valence-electron chi connectivity index (χ1n) is 13.1. The van der Waals surface area contributed by atoms with Crippen molar-refractivity contribution in [2.24, 2.45) is 0 Å². The molecular formula is C32H28Cl2N2O3S. The predicted molar refractivity (Wildman–Crippen MR) is 166 cm³/mol. The Morgan fingerprint density at radius 3 is 2.45 bits per heavy atom. The standard InChI is InChI=1S/C32H28Cl2N2O3S/c1-3-35(4-2)26-15-13-22(29(18-26)39-20-24-12-14-25(33)17-28(24)34)16-30-31(37)36(32(38)40-30)19-23-10-7-9-21-8-5-6-11-27(21)23/h5-18H,3-4,19-20H2,1-2H3/b30-16+. The van der Waals surface area contributed by atoms with Gasteiger partial charge < -0.3 is 9.64 Å². The molecule has 204 valence electrons. The van der Waals surface area contributed by atoms with Crippen LogP contribution in [-0.4, -0.2) is 29.1 Å². The van der Waals surface area contributed by atoms with Crippen LogP contribution in [0.15, 0.2) is 83.8 Å². The van der Waals surface area contributed by atoms with Crippen molar-refractivity contribution < 1.29 is 14.3 Å². The maximum atomic E-state index is 13.4. The Balaban J connectivity index is 1.44. The third-order valence-corrected chi connectivity index (χ3v) is 8.39. The van der Waals surface area contributed by atoms with Gasteiger partial charge in [0.15, 0.2) is 0 Å². The van der Waals surface area contributed by atoms with Crippen molar-refractivity contribution in [3.8, 4) is 5.75 Å². The van der Waals surface area contributed by atoms with Gasteiger partial charge in [-0.05, 0) is 72.3 Å².